The van der Waals surface area contributed by atoms with Crippen LogP contribution in [0.15, 0.2) is 5.38 Å². The zero-order valence-electron chi connectivity index (χ0n) is 12.5. The highest BCUT2D eigenvalue weighted by Gasteiger charge is 2.33. The van der Waals surface area contributed by atoms with Crippen LogP contribution in [0.1, 0.15) is 42.7 Å². The van der Waals surface area contributed by atoms with E-state index in [1.54, 1.807) is 0 Å². The molecule has 0 saturated carbocycles. The third kappa shape index (κ3) is 3.93. The number of thiazole rings is 1. The number of aromatic carboxylic acids is 1. The molecule has 0 aliphatic carbocycles. The lowest BCUT2D eigenvalue weighted by Gasteiger charge is -2.26. The first-order valence-corrected chi connectivity index (χ1v) is 7.86. The van der Waals surface area contributed by atoms with Gasteiger partial charge in [0.05, 0.1) is 6.54 Å². The third-order valence-electron chi connectivity index (χ3n) is 3.86. The number of amides is 2. The van der Waals surface area contributed by atoms with E-state index in [2.05, 4.69) is 31.1 Å². The lowest BCUT2D eigenvalue weighted by Crippen LogP contribution is -2.38. The van der Waals surface area contributed by atoms with E-state index in [4.69, 9.17) is 5.11 Å². The normalized spacial score (nSPS) is 18.8. The van der Waals surface area contributed by atoms with Crippen LogP contribution in [0.3, 0.4) is 0 Å². The molecule has 1 aromatic rings. The molecule has 0 radical (unpaired) electrons. The average molecular weight is 311 g/mol. The summed E-state index contributed by atoms with van der Waals surface area (Å²) in [5, 5.41) is 13.7. The van der Waals surface area contributed by atoms with Crippen LogP contribution in [-0.2, 0) is 6.54 Å². The summed E-state index contributed by atoms with van der Waals surface area (Å²) in [5.74, 6) is -0.530. The van der Waals surface area contributed by atoms with Crippen LogP contribution in [0, 0.1) is 11.3 Å². The van der Waals surface area contributed by atoms with Crippen LogP contribution in [0.2, 0.25) is 0 Å². The van der Waals surface area contributed by atoms with Gasteiger partial charge in [-0.05, 0) is 17.8 Å². The van der Waals surface area contributed by atoms with E-state index in [1.165, 1.54) is 16.7 Å². The lowest BCUT2D eigenvalue weighted by molar-refractivity contribution is 0.0691. The summed E-state index contributed by atoms with van der Waals surface area (Å²) < 4.78 is 0. The van der Waals surface area contributed by atoms with Crippen molar-refractivity contribution in [1.29, 1.82) is 0 Å². The largest absolute Gasteiger partial charge is 0.476 e. The smallest absolute Gasteiger partial charge is 0.355 e. The Kier molecular flexibility index (Phi) is 4.51. The maximum absolute atomic E-state index is 12.1. The summed E-state index contributed by atoms with van der Waals surface area (Å²) in [6, 6.07) is -0.103. The van der Waals surface area contributed by atoms with Crippen molar-refractivity contribution in [3.8, 4) is 0 Å². The predicted octanol–water partition coefficient (Wildman–Crippen LogP) is 2.42. The molecule has 1 atom stereocenters. The Hall–Kier alpha value is -1.63. The number of carboxylic acids is 1. The summed E-state index contributed by atoms with van der Waals surface area (Å²) >= 11 is 1.24. The first kappa shape index (κ1) is 15.8. The van der Waals surface area contributed by atoms with Gasteiger partial charge < -0.3 is 15.3 Å². The standard InChI is InChI=1S/C14H21N3O3S/c1-14(2,3)9-4-5-17(7-9)13(20)15-6-11-16-10(8-21-11)12(18)19/h8-9H,4-7H2,1-3H3,(H,15,20)(H,18,19). The van der Waals surface area contributed by atoms with Gasteiger partial charge in [0, 0.05) is 18.5 Å². The second-order valence-electron chi connectivity index (χ2n) is 6.39. The van der Waals surface area contributed by atoms with Crippen LogP contribution in [-0.4, -0.2) is 40.1 Å². The molecule has 6 nitrogen and oxygen atoms in total. The SMILES string of the molecule is CC(C)(C)C1CCN(C(=O)NCc2nc(C(=O)O)cs2)C1. The maximum atomic E-state index is 12.1. The van der Waals surface area contributed by atoms with Crippen LogP contribution >= 0.6 is 11.3 Å². The van der Waals surface area contributed by atoms with Crippen molar-refractivity contribution in [2.45, 2.75) is 33.7 Å². The molecule has 0 bridgehead atoms. The number of likely N-dealkylation sites (tertiary alicyclic amines) is 1. The number of nitrogens with zero attached hydrogens (tertiary/aromatic N) is 2. The summed E-state index contributed by atoms with van der Waals surface area (Å²) in [6.07, 6.45) is 1.03. The molecular formula is C14H21N3O3S. The van der Waals surface area contributed by atoms with Gasteiger partial charge in [-0.15, -0.1) is 11.3 Å². The fourth-order valence-electron chi connectivity index (χ4n) is 2.40. The van der Waals surface area contributed by atoms with Crippen molar-refractivity contribution in [2.24, 2.45) is 11.3 Å². The number of hydrogen-bond donors (Lipinski definition) is 2. The van der Waals surface area contributed by atoms with E-state index < -0.39 is 5.97 Å². The van der Waals surface area contributed by atoms with Gasteiger partial charge in [0.15, 0.2) is 5.69 Å². The number of hydrogen-bond acceptors (Lipinski definition) is 4. The van der Waals surface area contributed by atoms with Crippen molar-refractivity contribution < 1.29 is 14.7 Å². The van der Waals surface area contributed by atoms with E-state index >= 15 is 0 Å². The highest BCUT2D eigenvalue weighted by molar-refractivity contribution is 7.09. The van der Waals surface area contributed by atoms with E-state index in [0.29, 0.717) is 10.9 Å². The summed E-state index contributed by atoms with van der Waals surface area (Å²) in [4.78, 5) is 28.6. The molecule has 2 N–H and O–H groups in total. The molecule has 1 aliphatic rings. The van der Waals surface area contributed by atoms with Gasteiger partial charge in [0.25, 0.3) is 0 Å². The van der Waals surface area contributed by atoms with Crippen LogP contribution < -0.4 is 5.32 Å². The molecule has 2 rings (SSSR count). The molecule has 2 heterocycles. The van der Waals surface area contributed by atoms with E-state index in [9.17, 15) is 9.59 Å². The minimum atomic E-state index is -1.05. The Labute approximate surface area is 128 Å². The monoisotopic (exact) mass is 311 g/mol. The molecule has 1 saturated heterocycles. The zero-order valence-corrected chi connectivity index (χ0v) is 13.4. The summed E-state index contributed by atoms with van der Waals surface area (Å²) in [7, 11) is 0. The molecule has 0 spiro atoms. The van der Waals surface area contributed by atoms with E-state index in [0.717, 1.165) is 19.5 Å². The Morgan fingerprint density at radius 1 is 1.52 bits per heavy atom. The van der Waals surface area contributed by atoms with Gasteiger partial charge in [-0.3, -0.25) is 0 Å². The fraction of sp³-hybridized carbons (Fsp3) is 0.643. The number of urea groups is 1. The highest BCUT2D eigenvalue weighted by Crippen LogP contribution is 2.33. The predicted molar refractivity (Wildman–Crippen MR) is 80.4 cm³/mol. The number of rotatable bonds is 3. The lowest BCUT2D eigenvalue weighted by atomic mass is 9.80. The van der Waals surface area contributed by atoms with Crippen molar-refractivity contribution in [1.82, 2.24) is 15.2 Å². The number of carbonyl (C=O) groups is 2. The Morgan fingerprint density at radius 2 is 2.24 bits per heavy atom. The Bertz CT molecular complexity index is 536. The van der Waals surface area contributed by atoms with Crippen LogP contribution in [0.5, 0.6) is 0 Å². The number of nitrogens with one attached hydrogen (secondary N) is 1. The van der Waals surface area contributed by atoms with Gasteiger partial charge in [0.2, 0.25) is 0 Å². The molecule has 21 heavy (non-hydrogen) atoms. The Morgan fingerprint density at radius 3 is 2.76 bits per heavy atom. The first-order chi connectivity index (χ1) is 9.77. The van der Waals surface area contributed by atoms with Gasteiger partial charge in [0.1, 0.15) is 5.01 Å². The van der Waals surface area contributed by atoms with Crippen molar-refractivity contribution in [2.75, 3.05) is 13.1 Å². The number of carbonyl (C=O) groups excluding carboxylic acids is 1. The van der Waals surface area contributed by atoms with Gasteiger partial charge in [-0.1, -0.05) is 20.8 Å². The summed E-state index contributed by atoms with van der Waals surface area (Å²) in [6.45, 7) is 8.40. The van der Waals surface area contributed by atoms with Crippen molar-refractivity contribution >= 4 is 23.3 Å². The second kappa shape index (κ2) is 6.01. The topological polar surface area (TPSA) is 82.5 Å². The van der Waals surface area contributed by atoms with Gasteiger partial charge in [-0.2, -0.15) is 0 Å². The van der Waals surface area contributed by atoms with Crippen molar-refractivity contribution in [3.63, 3.8) is 0 Å². The average Bonchev–Trinajstić information content (AvgIpc) is 3.04. The molecule has 116 valence electrons. The quantitative estimate of drug-likeness (QED) is 0.898. The van der Waals surface area contributed by atoms with E-state index in [1.807, 2.05) is 4.90 Å². The number of carboxylic acid groups (broad SMARTS) is 1. The molecule has 2 amide bonds. The second-order valence-corrected chi connectivity index (χ2v) is 7.33. The Balaban J connectivity index is 1.84. The minimum Gasteiger partial charge on any atom is -0.476 e. The molecular weight excluding hydrogens is 290 g/mol. The molecule has 0 aromatic carbocycles. The van der Waals surface area contributed by atoms with Crippen LogP contribution in [0.4, 0.5) is 4.79 Å². The number of aromatic nitrogens is 1. The third-order valence-corrected chi connectivity index (χ3v) is 4.71. The van der Waals surface area contributed by atoms with E-state index in [-0.39, 0.29) is 23.7 Å². The molecule has 7 heteroatoms. The molecule has 1 aliphatic heterocycles. The summed E-state index contributed by atoms with van der Waals surface area (Å²) in [5.41, 5.74) is 0.235. The fourth-order valence-corrected chi connectivity index (χ4v) is 3.11. The molecule has 1 fully saturated rings. The maximum Gasteiger partial charge on any atom is 0.355 e. The van der Waals surface area contributed by atoms with Gasteiger partial charge >= 0.3 is 12.0 Å². The van der Waals surface area contributed by atoms with Gasteiger partial charge in [-0.25, -0.2) is 14.6 Å². The first-order valence-electron chi connectivity index (χ1n) is 6.98. The minimum absolute atomic E-state index is 0.0261. The van der Waals surface area contributed by atoms with Crippen LogP contribution in [0.25, 0.3) is 0 Å². The molecule has 1 unspecified atom stereocenters. The van der Waals surface area contributed by atoms with Crippen molar-refractivity contribution in [3.05, 3.63) is 16.1 Å². The molecule has 1 aromatic heterocycles. The highest BCUT2D eigenvalue weighted by atomic mass is 32.1. The zero-order chi connectivity index (χ0) is 15.6.